The van der Waals surface area contributed by atoms with Crippen molar-refractivity contribution in [2.75, 3.05) is 25.0 Å². The third-order valence-corrected chi connectivity index (χ3v) is 4.18. The summed E-state index contributed by atoms with van der Waals surface area (Å²) in [6.07, 6.45) is -0.446. The Kier molecular flexibility index (Phi) is 5.23. The summed E-state index contributed by atoms with van der Waals surface area (Å²) in [6, 6.07) is 15.0. The molecule has 1 aliphatic heterocycles. The summed E-state index contributed by atoms with van der Waals surface area (Å²) in [7, 11) is 1.83. The first-order chi connectivity index (χ1) is 11.7. The molecule has 1 atom stereocenters. The maximum absolute atomic E-state index is 11.9. The lowest BCUT2D eigenvalue weighted by molar-refractivity contribution is 0.141. The Morgan fingerprint density at radius 2 is 2.00 bits per heavy atom. The van der Waals surface area contributed by atoms with E-state index >= 15 is 0 Å². The average molecular weight is 347 g/mol. The standard InChI is InChI=1S/C18H19ClN2O3/c1-20-10-16-11-21(18(22)24-16)14-6-8-15(9-7-14)23-12-13-4-2-3-5-17(13)19/h2-9,16,20H,10-12H2,1H3/t16-/m1/s1. The SMILES string of the molecule is CNC[C@@H]1CN(c2ccc(OCc3ccccc3Cl)cc2)C(=O)O1. The molecule has 1 fully saturated rings. The van der Waals surface area contributed by atoms with Crippen molar-refractivity contribution >= 4 is 23.4 Å². The zero-order valence-electron chi connectivity index (χ0n) is 13.4. The maximum Gasteiger partial charge on any atom is 0.414 e. The van der Waals surface area contributed by atoms with E-state index in [1.807, 2.05) is 55.6 Å². The molecule has 24 heavy (non-hydrogen) atoms. The van der Waals surface area contributed by atoms with Crippen molar-refractivity contribution in [1.82, 2.24) is 5.32 Å². The number of nitrogens with zero attached hydrogens (tertiary/aromatic N) is 1. The predicted molar refractivity (Wildman–Crippen MR) is 93.8 cm³/mol. The Morgan fingerprint density at radius 1 is 1.25 bits per heavy atom. The number of rotatable bonds is 6. The van der Waals surface area contributed by atoms with Crippen molar-refractivity contribution in [2.24, 2.45) is 0 Å². The number of benzene rings is 2. The summed E-state index contributed by atoms with van der Waals surface area (Å²) >= 11 is 6.11. The fraction of sp³-hybridized carbons (Fsp3) is 0.278. The minimum absolute atomic E-state index is 0.126. The fourth-order valence-corrected chi connectivity index (χ4v) is 2.76. The molecule has 1 heterocycles. The number of hydrogen-bond donors (Lipinski definition) is 1. The zero-order valence-corrected chi connectivity index (χ0v) is 14.1. The molecule has 1 aliphatic rings. The number of nitrogens with one attached hydrogen (secondary N) is 1. The van der Waals surface area contributed by atoms with Gasteiger partial charge >= 0.3 is 6.09 Å². The van der Waals surface area contributed by atoms with E-state index in [-0.39, 0.29) is 12.2 Å². The first kappa shape index (κ1) is 16.6. The summed E-state index contributed by atoms with van der Waals surface area (Å²) < 4.78 is 11.0. The van der Waals surface area contributed by atoms with Crippen LogP contribution in [0, 0.1) is 0 Å². The number of halogens is 1. The van der Waals surface area contributed by atoms with Crippen LogP contribution in [0.3, 0.4) is 0 Å². The van der Waals surface area contributed by atoms with Crippen LogP contribution >= 0.6 is 11.6 Å². The monoisotopic (exact) mass is 346 g/mol. The van der Waals surface area contributed by atoms with Crippen molar-refractivity contribution in [3.63, 3.8) is 0 Å². The van der Waals surface area contributed by atoms with Gasteiger partial charge in [-0.15, -0.1) is 0 Å². The molecule has 0 aromatic heterocycles. The Morgan fingerprint density at radius 3 is 2.71 bits per heavy atom. The van der Waals surface area contributed by atoms with E-state index in [2.05, 4.69) is 5.32 Å². The van der Waals surface area contributed by atoms with Crippen LogP contribution < -0.4 is 15.0 Å². The minimum atomic E-state index is -0.319. The molecule has 0 radical (unpaired) electrons. The van der Waals surface area contributed by atoms with Crippen LogP contribution in [0.2, 0.25) is 5.02 Å². The number of anilines is 1. The number of likely N-dealkylation sites (N-methyl/N-ethyl adjacent to an activating group) is 1. The molecule has 0 saturated carbocycles. The molecule has 0 unspecified atom stereocenters. The second-order valence-corrected chi connectivity index (χ2v) is 5.96. The summed E-state index contributed by atoms with van der Waals surface area (Å²) in [6.45, 7) is 1.58. The quantitative estimate of drug-likeness (QED) is 0.870. The summed E-state index contributed by atoms with van der Waals surface area (Å²) in [5, 5.41) is 3.70. The van der Waals surface area contributed by atoms with Crippen LogP contribution in [0.1, 0.15) is 5.56 Å². The van der Waals surface area contributed by atoms with Gasteiger partial charge in [-0.2, -0.15) is 0 Å². The number of ether oxygens (including phenoxy) is 2. The van der Waals surface area contributed by atoms with E-state index in [9.17, 15) is 4.79 Å². The first-order valence-corrected chi connectivity index (χ1v) is 8.14. The molecule has 6 heteroatoms. The van der Waals surface area contributed by atoms with E-state index in [1.165, 1.54) is 0 Å². The van der Waals surface area contributed by atoms with Gasteiger partial charge in [0.05, 0.1) is 6.54 Å². The lowest BCUT2D eigenvalue weighted by Gasteiger charge is -2.14. The van der Waals surface area contributed by atoms with Gasteiger partial charge in [0, 0.05) is 22.8 Å². The Labute approximate surface area is 146 Å². The Hall–Kier alpha value is -2.24. The molecule has 0 bridgehead atoms. The van der Waals surface area contributed by atoms with E-state index in [4.69, 9.17) is 21.1 Å². The minimum Gasteiger partial charge on any atom is -0.489 e. The highest BCUT2D eigenvalue weighted by molar-refractivity contribution is 6.31. The van der Waals surface area contributed by atoms with E-state index in [0.717, 1.165) is 17.0 Å². The molecule has 0 spiro atoms. The molecule has 3 rings (SSSR count). The summed E-state index contributed by atoms with van der Waals surface area (Å²) in [5.41, 5.74) is 1.73. The normalized spacial score (nSPS) is 17.0. The number of carbonyl (C=O) groups is 1. The summed E-state index contributed by atoms with van der Waals surface area (Å²) in [4.78, 5) is 13.5. The average Bonchev–Trinajstić information content (AvgIpc) is 2.95. The molecule has 126 valence electrons. The van der Waals surface area contributed by atoms with Gasteiger partial charge in [-0.05, 0) is 37.4 Å². The molecular weight excluding hydrogens is 328 g/mol. The smallest absolute Gasteiger partial charge is 0.414 e. The third kappa shape index (κ3) is 3.80. The lowest BCUT2D eigenvalue weighted by Crippen LogP contribution is -2.28. The Balaban J connectivity index is 1.61. The highest BCUT2D eigenvalue weighted by Crippen LogP contribution is 2.25. The van der Waals surface area contributed by atoms with Gasteiger partial charge in [-0.3, -0.25) is 4.90 Å². The fourth-order valence-electron chi connectivity index (χ4n) is 2.57. The highest BCUT2D eigenvalue weighted by atomic mass is 35.5. The third-order valence-electron chi connectivity index (χ3n) is 3.81. The lowest BCUT2D eigenvalue weighted by atomic mass is 10.2. The molecule has 0 aliphatic carbocycles. The first-order valence-electron chi connectivity index (χ1n) is 7.76. The molecule has 1 N–H and O–H groups in total. The molecule has 2 aromatic carbocycles. The van der Waals surface area contributed by atoms with Crippen LogP contribution in [0.4, 0.5) is 10.5 Å². The second kappa shape index (κ2) is 7.55. The van der Waals surface area contributed by atoms with Gasteiger partial charge in [0.15, 0.2) is 0 Å². The number of hydrogen-bond acceptors (Lipinski definition) is 4. The number of amides is 1. The largest absolute Gasteiger partial charge is 0.489 e. The predicted octanol–water partition coefficient (Wildman–Crippen LogP) is 3.46. The van der Waals surface area contributed by atoms with Crippen molar-refractivity contribution in [1.29, 1.82) is 0 Å². The second-order valence-electron chi connectivity index (χ2n) is 5.55. The van der Waals surface area contributed by atoms with Gasteiger partial charge in [0.1, 0.15) is 18.5 Å². The molecule has 1 amide bonds. The van der Waals surface area contributed by atoms with Gasteiger partial charge < -0.3 is 14.8 Å². The van der Waals surface area contributed by atoms with Crippen LogP contribution in [0.15, 0.2) is 48.5 Å². The van der Waals surface area contributed by atoms with Gasteiger partial charge in [-0.25, -0.2) is 4.79 Å². The molecular formula is C18H19ClN2O3. The van der Waals surface area contributed by atoms with Crippen molar-refractivity contribution in [3.8, 4) is 5.75 Å². The van der Waals surface area contributed by atoms with Gasteiger partial charge in [0.2, 0.25) is 0 Å². The van der Waals surface area contributed by atoms with Crippen LogP contribution in [0.5, 0.6) is 5.75 Å². The van der Waals surface area contributed by atoms with E-state index in [0.29, 0.717) is 24.7 Å². The Bertz CT molecular complexity index is 706. The van der Waals surface area contributed by atoms with Gasteiger partial charge in [-0.1, -0.05) is 29.8 Å². The highest BCUT2D eigenvalue weighted by Gasteiger charge is 2.31. The zero-order chi connectivity index (χ0) is 16.9. The van der Waals surface area contributed by atoms with Gasteiger partial charge in [0.25, 0.3) is 0 Å². The van der Waals surface area contributed by atoms with E-state index < -0.39 is 0 Å². The van der Waals surface area contributed by atoms with Crippen LogP contribution in [0.25, 0.3) is 0 Å². The van der Waals surface area contributed by atoms with Crippen LogP contribution in [-0.4, -0.2) is 32.3 Å². The number of cyclic esters (lactones) is 1. The van der Waals surface area contributed by atoms with Crippen molar-refractivity contribution in [2.45, 2.75) is 12.7 Å². The van der Waals surface area contributed by atoms with Crippen molar-refractivity contribution in [3.05, 3.63) is 59.1 Å². The summed E-state index contributed by atoms with van der Waals surface area (Å²) in [5.74, 6) is 0.720. The molecule has 2 aromatic rings. The molecule has 1 saturated heterocycles. The van der Waals surface area contributed by atoms with E-state index in [1.54, 1.807) is 4.90 Å². The molecule has 5 nitrogen and oxygen atoms in total. The maximum atomic E-state index is 11.9. The topological polar surface area (TPSA) is 50.8 Å². The van der Waals surface area contributed by atoms with Crippen LogP contribution in [-0.2, 0) is 11.3 Å². The number of carbonyl (C=O) groups excluding carboxylic acids is 1. The van der Waals surface area contributed by atoms with Crippen molar-refractivity contribution < 1.29 is 14.3 Å².